The summed E-state index contributed by atoms with van der Waals surface area (Å²) in [7, 11) is 2.38. The van der Waals surface area contributed by atoms with Crippen molar-refractivity contribution in [2.75, 3.05) is 7.11 Å². The largest absolute Gasteiger partial charge is 0.497 e. The molecule has 1 aliphatic heterocycles. The van der Waals surface area contributed by atoms with E-state index in [4.69, 9.17) is 9.26 Å². The Balaban J connectivity index is 1.84. The van der Waals surface area contributed by atoms with Crippen molar-refractivity contribution in [1.29, 1.82) is 0 Å². The van der Waals surface area contributed by atoms with Gasteiger partial charge in [-0.1, -0.05) is 12.1 Å². The molecule has 1 aliphatic rings. The van der Waals surface area contributed by atoms with Crippen LogP contribution in [0.25, 0.3) is 0 Å². The standard InChI is InChI=1S/C8H10N3O2P3/c1-12-8-4-2-7(3-5-8)6-13-16-10-14-9-15-11-16/h2-5H,6H2,1H3,(H,9,10,11). The summed E-state index contributed by atoms with van der Waals surface area (Å²) in [6.45, 7) is 0.553. The molecule has 0 radical (unpaired) electrons. The van der Waals surface area contributed by atoms with Gasteiger partial charge in [0.2, 0.25) is 0 Å². The summed E-state index contributed by atoms with van der Waals surface area (Å²) in [4.78, 5) is 3.06. The fourth-order valence-corrected chi connectivity index (χ4v) is 4.04. The maximum atomic E-state index is 5.61. The molecule has 0 saturated heterocycles. The molecule has 1 aromatic rings. The molecule has 0 saturated carbocycles. The first-order valence-electron chi connectivity index (χ1n) is 4.51. The van der Waals surface area contributed by atoms with Crippen molar-refractivity contribution in [2.24, 2.45) is 9.03 Å². The van der Waals surface area contributed by atoms with Gasteiger partial charge < -0.3 is 9.26 Å². The lowest BCUT2D eigenvalue weighted by molar-refractivity contribution is 0.340. The van der Waals surface area contributed by atoms with Gasteiger partial charge in [0.15, 0.2) is 8.52 Å². The maximum absolute atomic E-state index is 5.61. The monoisotopic (exact) mass is 273 g/mol. The zero-order valence-electron chi connectivity index (χ0n) is 8.57. The van der Waals surface area contributed by atoms with Crippen LogP contribution >= 0.6 is 25.5 Å². The van der Waals surface area contributed by atoms with Crippen LogP contribution in [0, 0.1) is 0 Å². The molecule has 16 heavy (non-hydrogen) atoms. The van der Waals surface area contributed by atoms with E-state index in [-0.39, 0.29) is 0 Å². The third-order valence-corrected chi connectivity index (χ3v) is 4.91. The van der Waals surface area contributed by atoms with Crippen molar-refractivity contribution in [3.63, 3.8) is 0 Å². The Kier molecular flexibility index (Phi) is 4.77. The van der Waals surface area contributed by atoms with Crippen LogP contribution in [-0.4, -0.2) is 7.11 Å². The Morgan fingerprint density at radius 2 is 2.19 bits per heavy atom. The Labute approximate surface area is 98.4 Å². The zero-order chi connectivity index (χ0) is 11.2. The minimum Gasteiger partial charge on any atom is -0.497 e. The predicted molar refractivity (Wildman–Crippen MR) is 66.5 cm³/mol. The van der Waals surface area contributed by atoms with E-state index in [1.165, 1.54) is 0 Å². The molecule has 5 nitrogen and oxygen atoms in total. The van der Waals surface area contributed by atoms with Crippen LogP contribution in [0.2, 0.25) is 0 Å². The van der Waals surface area contributed by atoms with E-state index in [2.05, 4.69) is 13.9 Å². The molecule has 0 bridgehead atoms. The third kappa shape index (κ3) is 3.55. The summed E-state index contributed by atoms with van der Waals surface area (Å²) in [5, 5.41) is 0. The molecule has 1 N–H and O–H groups in total. The van der Waals surface area contributed by atoms with E-state index in [0.717, 1.165) is 28.4 Å². The van der Waals surface area contributed by atoms with Gasteiger partial charge in [-0.15, -0.1) is 0 Å². The second kappa shape index (κ2) is 6.34. The van der Waals surface area contributed by atoms with E-state index in [1.807, 2.05) is 24.3 Å². The number of hydrogen-bond acceptors (Lipinski definition) is 5. The third-order valence-electron chi connectivity index (χ3n) is 1.85. The van der Waals surface area contributed by atoms with Crippen LogP contribution in [0.1, 0.15) is 5.56 Å². The van der Waals surface area contributed by atoms with Crippen LogP contribution in [0.3, 0.4) is 0 Å². The number of methoxy groups -OCH3 is 1. The second-order valence-corrected chi connectivity index (χ2v) is 6.28. The van der Waals surface area contributed by atoms with Gasteiger partial charge in [-0.3, -0.25) is 0 Å². The van der Waals surface area contributed by atoms with E-state index in [9.17, 15) is 0 Å². The first-order valence-corrected chi connectivity index (χ1v) is 7.37. The normalized spacial score (nSPS) is 20.7. The lowest BCUT2D eigenvalue weighted by Crippen LogP contribution is -1.95. The predicted octanol–water partition coefficient (Wildman–Crippen LogP) is 4.13. The molecule has 1 atom stereocenters. The van der Waals surface area contributed by atoms with Crippen LogP contribution in [0.4, 0.5) is 0 Å². The molecule has 8 heteroatoms. The second-order valence-electron chi connectivity index (χ2n) is 2.86. The van der Waals surface area contributed by atoms with Gasteiger partial charge >= 0.3 is 0 Å². The molecular formula is C8H10N3O2P3. The quantitative estimate of drug-likeness (QED) is 0.839. The van der Waals surface area contributed by atoms with Crippen molar-refractivity contribution in [3.05, 3.63) is 29.8 Å². The van der Waals surface area contributed by atoms with Crippen LogP contribution in [0.15, 0.2) is 33.3 Å². The molecular weight excluding hydrogens is 263 g/mol. The Bertz CT molecular complexity index is 396. The van der Waals surface area contributed by atoms with E-state index < -0.39 is 8.45 Å². The van der Waals surface area contributed by atoms with Gasteiger partial charge in [0.1, 0.15) is 14.3 Å². The minimum atomic E-state index is -0.881. The smallest absolute Gasteiger partial charge is 0.250 e. The SMILES string of the molecule is COc1ccc(COP2N=PN=PN2)cc1. The van der Waals surface area contributed by atoms with Gasteiger partial charge in [0, 0.05) is 0 Å². The van der Waals surface area contributed by atoms with E-state index >= 15 is 0 Å². The molecule has 0 aromatic heterocycles. The van der Waals surface area contributed by atoms with Crippen molar-refractivity contribution in [2.45, 2.75) is 6.61 Å². The first kappa shape index (κ1) is 12.0. The summed E-state index contributed by atoms with van der Waals surface area (Å²) in [6.07, 6.45) is 0. The number of hydrogen-bond donors (Lipinski definition) is 1. The zero-order valence-corrected chi connectivity index (χ0v) is 11.3. The van der Waals surface area contributed by atoms with Crippen molar-refractivity contribution in [3.8, 4) is 5.75 Å². The van der Waals surface area contributed by atoms with Gasteiger partial charge in [-0.25, -0.2) is 0 Å². The van der Waals surface area contributed by atoms with E-state index in [0.29, 0.717) is 6.61 Å². The van der Waals surface area contributed by atoms with Crippen LogP contribution in [-0.2, 0) is 11.1 Å². The Morgan fingerprint density at radius 3 is 2.81 bits per heavy atom. The minimum absolute atomic E-state index is 0.553. The van der Waals surface area contributed by atoms with Crippen molar-refractivity contribution in [1.82, 2.24) is 4.86 Å². The average molecular weight is 273 g/mol. The fourth-order valence-electron chi connectivity index (χ4n) is 1.06. The topological polar surface area (TPSA) is 55.2 Å². The number of rotatable bonds is 4. The Morgan fingerprint density at radius 1 is 1.38 bits per heavy atom. The highest BCUT2D eigenvalue weighted by Gasteiger charge is 2.08. The molecule has 0 amide bonds. The number of nitrogens with one attached hydrogen (secondary N) is 1. The molecule has 1 aromatic carbocycles. The van der Waals surface area contributed by atoms with E-state index in [1.54, 1.807) is 7.11 Å². The molecule has 1 unspecified atom stereocenters. The molecule has 84 valence electrons. The summed E-state index contributed by atoms with van der Waals surface area (Å²) >= 11 is 0. The Hall–Kier alpha value is -0.430. The molecule has 1 heterocycles. The van der Waals surface area contributed by atoms with Gasteiger partial charge in [0.05, 0.1) is 13.7 Å². The van der Waals surface area contributed by atoms with Crippen LogP contribution in [0.5, 0.6) is 5.75 Å². The molecule has 0 aliphatic carbocycles. The maximum Gasteiger partial charge on any atom is 0.250 e. The summed E-state index contributed by atoms with van der Waals surface area (Å²) in [5.41, 5.74) is 1.11. The first-order chi connectivity index (χ1) is 7.88. The average Bonchev–Trinajstić information content (AvgIpc) is 2.38. The molecule has 0 spiro atoms. The lowest BCUT2D eigenvalue weighted by atomic mass is 10.2. The van der Waals surface area contributed by atoms with Gasteiger partial charge in [-0.05, 0) is 17.7 Å². The van der Waals surface area contributed by atoms with Gasteiger partial charge in [-0.2, -0.15) is 13.9 Å². The molecule has 2 rings (SSSR count). The lowest BCUT2D eigenvalue weighted by Gasteiger charge is -2.11. The molecule has 0 fully saturated rings. The van der Waals surface area contributed by atoms with Crippen molar-refractivity contribution >= 4 is 25.5 Å². The van der Waals surface area contributed by atoms with Crippen LogP contribution < -0.4 is 9.59 Å². The summed E-state index contributed by atoms with van der Waals surface area (Å²) in [5.74, 6) is 0.853. The number of benzene rings is 1. The highest BCUT2D eigenvalue weighted by Crippen LogP contribution is 2.44. The highest BCUT2D eigenvalue weighted by molar-refractivity contribution is 7.63. The van der Waals surface area contributed by atoms with Gasteiger partial charge in [0.25, 0.3) is 8.45 Å². The summed E-state index contributed by atoms with van der Waals surface area (Å²) in [6, 6.07) is 7.81. The summed E-state index contributed by atoms with van der Waals surface area (Å²) < 4.78 is 18.9. The number of nitrogens with zero attached hydrogens (tertiary/aromatic N) is 2. The van der Waals surface area contributed by atoms with Crippen molar-refractivity contribution < 1.29 is 9.26 Å². The number of ether oxygens (including phenoxy) is 1. The highest BCUT2D eigenvalue weighted by atomic mass is 31.2. The fraction of sp³-hybridized carbons (Fsp3) is 0.250.